The van der Waals surface area contributed by atoms with Gasteiger partial charge in [0.1, 0.15) is 6.23 Å². The number of rotatable bonds is 6. The first-order valence-corrected chi connectivity index (χ1v) is 4.39. The smallest absolute Gasteiger partial charge is 0.106 e. The molecule has 0 aliphatic heterocycles. The average molecular weight is 176 g/mol. The highest BCUT2D eigenvalue weighted by Crippen LogP contribution is 2.09. The number of aliphatic hydroxyl groups excluding tert-OH is 2. The van der Waals surface area contributed by atoms with Crippen LogP contribution in [-0.2, 0) is 0 Å². The molecule has 4 heteroatoms. The second kappa shape index (κ2) is 6.37. The molecule has 0 saturated heterocycles. The molecular formula is C8H20N2O2. The van der Waals surface area contributed by atoms with Gasteiger partial charge < -0.3 is 21.7 Å². The number of hydrogen-bond acceptors (Lipinski definition) is 4. The van der Waals surface area contributed by atoms with Gasteiger partial charge >= 0.3 is 0 Å². The van der Waals surface area contributed by atoms with Crippen molar-refractivity contribution in [3.05, 3.63) is 0 Å². The lowest BCUT2D eigenvalue weighted by Crippen LogP contribution is -2.40. The number of hydrogen-bond donors (Lipinski definition) is 4. The summed E-state index contributed by atoms with van der Waals surface area (Å²) in [4.78, 5) is 0. The van der Waals surface area contributed by atoms with E-state index in [1.165, 1.54) is 0 Å². The van der Waals surface area contributed by atoms with Gasteiger partial charge in [-0.3, -0.25) is 0 Å². The Hall–Kier alpha value is -0.160. The van der Waals surface area contributed by atoms with Gasteiger partial charge in [0.2, 0.25) is 0 Å². The van der Waals surface area contributed by atoms with Gasteiger partial charge in [-0.25, -0.2) is 0 Å². The summed E-state index contributed by atoms with van der Waals surface area (Å²) in [6.45, 7) is 2.03. The fourth-order valence-corrected chi connectivity index (χ4v) is 1.01. The van der Waals surface area contributed by atoms with E-state index in [4.69, 9.17) is 21.7 Å². The van der Waals surface area contributed by atoms with Crippen LogP contribution in [0.2, 0.25) is 0 Å². The molecule has 0 aromatic heterocycles. The zero-order valence-corrected chi connectivity index (χ0v) is 7.61. The first-order valence-electron chi connectivity index (χ1n) is 4.39. The largest absolute Gasteiger partial charge is 0.396 e. The first-order chi connectivity index (χ1) is 5.59. The van der Waals surface area contributed by atoms with Crippen molar-refractivity contribution in [2.24, 2.45) is 17.4 Å². The fraction of sp³-hybridized carbons (Fsp3) is 1.00. The number of unbranched alkanes of at least 4 members (excludes halogenated alkanes) is 1. The summed E-state index contributed by atoms with van der Waals surface area (Å²) < 4.78 is 0. The van der Waals surface area contributed by atoms with Gasteiger partial charge in [-0.15, -0.1) is 0 Å². The summed E-state index contributed by atoms with van der Waals surface area (Å²) in [6.07, 6.45) is 1.61. The van der Waals surface area contributed by atoms with E-state index in [1.807, 2.05) is 6.92 Å². The van der Waals surface area contributed by atoms with E-state index in [1.54, 1.807) is 0 Å². The maximum Gasteiger partial charge on any atom is 0.106 e. The molecule has 0 spiro atoms. The second-order valence-corrected chi connectivity index (χ2v) is 3.23. The van der Waals surface area contributed by atoms with Gasteiger partial charge in [0.05, 0.1) is 0 Å². The van der Waals surface area contributed by atoms with Crippen LogP contribution in [0.4, 0.5) is 0 Å². The molecule has 6 N–H and O–H groups in total. The topological polar surface area (TPSA) is 92.5 Å². The van der Waals surface area contributed by atoms with Gasteiger partial charge in [-0.2, -0.15) is 0 Å². The molecule has 0 radical (unpaired) electrons. The van der Waals surface area contributed by atoms with E-state index in [-0.39, 0.29) is 18.6 Å². The SMILES string of the molecule is CC(C(N)O)C(N)CCCCO. The van der Waals surface area contributed by atoms with E-state index in [0.717, 1.165) is 19.3 Å². The van der Waals surface area contributed by atoms with Gasteiger partial charge in [-0.1, -0.05) is 6.92 Å². The molecule has 0 heterocycles. The van der Waals surface area contributed by atoms with E-state index in [2.05, 4.69) is 0 Å². The third kappa shape index (κ3) is 4.66. The van der Waals surface area contributed by atoms with Crippen LogP contribution in [0, 0.1) is 5.92 Å². The quantitative estimate of drug-likeness (QED) is 0.321. The molecule has 12 heavy (non-hydrogen) atoms. The van der Waals surface area contributed by atoms with E-state index in [9.17, 15) is 0 Å². The van der Waals surface area contributed by atoms with Crippen molar-refractivity contribution in [1.29, 1.82) is 0 Å². The standard InChI is InChI=1S/C8H20N2O2/c1-6(8(10)12)7(9)4-2-3-5-11/h6-8,11-12H,2-5,9-10H2,1H3. The lowest BCUT2D eigenvalue weighted by molar-refractivity contribution is 0.105. The summed E-state index contributed by atoms with van der Waals surface area (Å²) in [5, 5.41) is 17.5. The van der Waals surface area contributed by atoms with Crippen molar-refractivity contribution in [2.75, 3.05) is 6.61 Å². The van der Waals surface area contributed by atoms with Gasteiger partial charge in [0.25, 0.3) is 0 Å². The third-order valence-corrected chi connectivity index (χ3v) is 2.16. The highest BCUT2D eigenvalue weighted by Gasteiger charge is 2.17. The summed E-state index contributed by atoms with van der Waals surface area (Å²) in [5.41, 5.74) is 11.0. The van der Waals surface area contributed by atoms with E-state index < -0.39 is 6.23 Å². The van der Waals surface area contributed by atoms with Gasteiger partial charge in [0, 0.05) is 18.6 Å². The summed E-state index contributed by atoms with van der Waals surface area (Å²) in [5.74, 6) is -0.0799. The Labute approximate surface area is 73.6 Å². The molecule has 74 valence electrons. The van der Waals surface area contributed by atoms with Crippen molar-refractivity contribution in [2.45, 2.75) is 38.5 Å². The Morgan fingerprint density at radius 3 is 2.25 bits per heavy atom. The minimum atomic E-state index is -0.839. The predicted molar refractivity (Wildman–Crippen MR) is 48.3 cm³/mol. The van der Waals surface area contributed by atoms with Gasteiger partial charge in [-0.05, 0) is 19.3 Å². The molecule has 4 nitrogen and oxygen atoms in total. The van der Waals surface area contributed by atoms with Crippen molar-refractivity contribution in [3.63, 3.8) is 0 Å². The lowest BCUT2D eigenvalue weighted by Gasteiger charge is -2.21. The van der Waals surface area contributed by atoms with Crippen molar-refractivity contribution in [3.8, 4) is 0 Å². The van der Waals surface area contributed by atoms with Crippen LogP contribution in [0.3, 0.4) is 0 Å². The Balaban J connectivity index is 3.49. The molecule has 0 fully saturated rings. The fourth-order valence-electron chi connectivity index (χ4n) is 1.01. The normalized spacial score (nSPS) is 18.8. The molecule has 3 atom stereocenters. The Morgan fingerprint density at radius 1 is 1.25 bits per heavy atom. The lowest BCUT2D eigenvalue weighted by atomic mass is 9.96. The third-order valence-electron chi connectivity index (χ3n) is 2.16. The average Bonchev–Trinajstić information content (AvgIpc) is 2.03. The second-order valence-electron chi connectivity index (χ2n) is 3.23. The minimum absolute atomic E-state index is 0.0726. The van der Waals surface area contributed by atoms with E-state index in [0.29, 0.717) is 0 Å². The van der Waals surface area contributed by atoms with Crippen LogP contribution >= 0.6 is 0 Å². The van der Waals surface area contributed by atoms with Crippen LogP contribution in [0.15, 0.2) is 0 Å². The zero-order chi connectivity index (χ0) is 9.56. The number of nitrogens with two attached hydrogens (primary N) is 2. The molecule has 0 aromatic carbocycles. The highest BCUT2D eigenvalue weighted by molar-refractivity contribution is 4.72. The van der Waals surface area contributed by atoms with Gasteiger partial charge in [0.15, 0.2) is 0 Å². The van der Waals surface area contributed by atoms with Crippen molar-refractivity contribution >= 4 is 0 Å². The summed E-state index contributed by atoms with van der Waals surface area (Å²) in [6, 6.07) is -0.0726. The van der Waals surface area contributed by atoms with Crippen molar-refractivity contribution in [1.82, 2.24) is 0 Å². The van der Waals surface area contributed by atoms with Crippen LogP contribution < -0.4 is 11.5 Å². The summed E-state index contributed by atoms with van der Waals surface area (Å²) in [7, 11) is 0. The maximum absolute atomic E-state index is 9.00. The minimum Gasteiger partial charge on any atom is -0.396 e. The Morgan fingerprint density at radius 2 is 1.83 bits per heavy atom. The van der Waals surface area contributed by atoms with Crippen LogP contribution in [0.25, 0.3) is 0 Å². The molecule has 0 aromatic rings. The predicted octanol–water partition coefficient (Wildman–Crippen LogP) is -0.610. The molecule has 0 rings (SSSR count). The van der Waals surface area contributed by atoms with Crippen LogP contribution in [0.1, 0.15) is 26.2 Å². The van der Waals surface area contributed by atoms with Crippen molar-refractivity contribution < 1.29 is 10.2 Å². The Bertz CT molecular complexity index is 109. The molecule has 3 unspecified atom stereocenters. The molecule has 0 amide bonds. The van der Waals surface area contributed by atoms with Crippen LogP contribution in [-0.4, -0.2) is 29.1 Å². The molecule has 0 aliphatic carbocycles. The number of aliphatic hydroxyl groups is 2. The van der Waals surface area contributed by atoms with E-state index >= 15 is 0 Å². The van der Waals surface area contributed by atoms with Crippen LogP contribution in [0.5, 0.6) is 0 Å². The highest BCUT2D eigenvalue weighted by atomic mass is 16.3. The molecule has 0 bridgehead atoms. The molecular weight excluding hydrogens is 156 g/mol. The summed E-state index contributed by atoms with van der Waals surface area (Å²) >= 11 is 0. The molecule has 0 saturated carbocycles. The zero-order valence-electron chi connectivity index (χ0n) is 7.61. The Kier molecular flexibility index (Phi) is 6.28. The monoisotopic (exact) mass is 176 g/mol. The first kappa shape index (κ1) is 11.8. The maximum atomic E-state index is 9.00. The molecule has 0 aliphatic rings.